The van der Waals surface area contributed by atoms with Crippen LogP contribution in [-0.4, -0.2) is 20.9 Å². The van der Waals surface area contributed by atoms with Crippen LogP contribution in [-0.2, 0) is 0 Å². The lowest BCUT2D eigenvalue weighted by atomic mass is 10.1. The summed E-state index contributed by atoms with van der Waals surface area (Å²) in [5, 5.41) is 13.6. The number of carboxylic acids is 1. The zero-order valence-electron chi connectivity index (χ0n) is 10.9. The van der Waals surface area contributed by atoms with E-state index in [9.17, 15) is 14.3 Å². The van der Waals surface area contributed by atoms with Crippen LogP contribution in [0.25, 0.3) is 16.9 Å². The van der Waals surface area contributed by atoms with Gasteiger partial charge in [0, 0.05) is 5.56 Å². The Hall–Kier alpha value is -2.95. The zero-order chi connectivity index (χ0) is 14.8. The lowest BCUT2D eigenvalue weighted by molar-refractivity contribution is 0.0687. The van der Waals surface area contributed by atoms with Gasteiger partial charge in [0.15, 0.2) is 5.69 Å². The minimum absolute atomic E-state index is 0.0144. The standard InChI is InChI=1S/C16H11FN2O2/c17-12-7-4-8-13(9-12)19-15(16(20)21)10-14(18-19)11-5-2-1-3-6-11/h1-10H,(H,20,21). The molecule has 0 atom stereocenters. The van der Waals surface area contributed by atoms with E-state index in [1.165, 1.54) is 28.9 Å². The van der Waals surface area contributed by atoms with E-state index in [0.29, 0.717) is 11.4 Å². The first-order valence-electron chi connectivity index (χ1n) is 6.30. The summed E-state index contributed by atoms with van der Waals surface area (Å²) in [5.74, 6) is -1.56. The van der Waals surface area contributed by atoms with Crippen LogP contribution in [0.5, 0.6) is 0 Å². The minimum Gasteiger partial charge on any atom is -0.477 e. The molecule has 3 aromatic rings. The third kappa shape index (κ3) is 2.53. The van der Waals surface area contributed by atoms with E-state index in [4.69, 9.17) is 0 Å². The van der Waals surface area contributed by atoms with Gasteiger partial charge >= 0.3 is 5.97 Å². The van der Waals surface area contributed by atoms with Crippen molar-refractivity contribution in [1.82, 2.24) is 9.78 Å². The molecule has 21 heavy (non-hydrogen) atoms. The van der Waals surface area contributed by atoms with Crippen LogP contribution in [0.3, 0.4) is 0 Å². The molecule has 0 bridgehead atoms. The van der Waals surface area contributed by atoms with Crippen molar-refractivity contribution in [2.45, 2.75) is 0 Å². The normalized spacial score (nSPS) is 10.5. The third-order valence-electron chi connectivity index (χ3n) is 3.05. The highest BCUT2D eigenvalue weighted by molar-refractivity contribution is 5.88. The summed E-state index contributed by atoms with van der Waals surface area (Å²) in [7, 11) is 0. The quantitative estimate of drug-likeness (QED) is 0.801. The topological polar surface area (TPSA) is 55.1 Å². The van der Waals surface area contributed by atoms with Crippen molar-refractivity contribution in [3.8, 4) is 16.9 Å². The van der Waals surface area contributed by atoms with E-state index in [1.807, 2.05) is 30.3 Å². The van der Waals surface area contributed by atoms with E-state index in [0.717, 1.165) is 5.56 Å². The second-order valence-electron chi connectivity index (χ2n) is 4.48. The summed E-state index contributed by atoms with van der Waals surface area (Å²) in [6.45, 7) is 0. The van der Waals surface area contributed by atoms with Crippen LogP contribution in [0, 0.1) is 5.82 Å². The van der Waals surface area contributed by atoms with Crippen LogP contribution in [0.4, 0.5) is 4.39 Å². The summed E-state index contributed by atoms with van der Waals surface area (Å²) >= 11 is 0. The van der Waals surface area contributed by atoms with Gasteiger partial charge in [-0.1, -0.05) is 36.4 Å². The number of benzene rings is 2. The lowest BCUT2D eigenvalue weighted by Gasteiger charge is -2.04. The van der Waals surface area contributed by atoms with Gasteiger partial charge in [-0.15, -0.1) is 0 Å². The van der Waals surface area contributed by atoms with Gasteiger partial charge in [0.1, 0.15) is 5.82 Å². The Kier molecular flexibility index (Phi) is 3.23. The average Bonchev–Trinajstić information content (AvgIpc) is 2.93. The molecule has 0 fully saturated rings. The largest absolute Gasteiger partial charge is 0.477 e. The summed E-state index contributed by atoms with van der Waals surface area (Å²) in [4.78, 5) is 11.4. The number of aromatic carboxylic acids is 1. The van der Waals surface area contributed by atoms with Crippen LogP contribution in [0.2, 0.25) is 0 Å². The fraction of sp³-hybridized carbons (Fsp3) is 0. The van der Waals surface area contributed by atoms with Crippen molar-refractivity contribution in [2.75, 3.05) is 0 Å². The number of carboxylic acid groups (broad SMARTS) is 1. The molecule has 1 heterocycles. The van der Waals surface area contributed by atoms with Crippen molar-refractivity contribution in [1.29, 1.82) is 0 Å². The number of halogens is 1. The highest BCUT2D eigenvalue weighted by atomic mass is 19.1. The second-order valence-corrected chi connectivity index (χ2v) is 4.48. The molecular formula is C16H11FN2O2. The molecule has 0 radical (unpaired) electrons. The summed E-state index contributed by atoms with van der Waals surface area (Å²) in [5.41, 5.74) is 1.68. The van der Waals surface area contributed by atoms with Crippen LogP contribution >= 0.6 is 0 Å². The Morgan fingerprint density at radius 1 is 1.05 bits per heavy atom. The molecule has 4 nitrogen and oxygen atoms in total. The van der Waals surface area contributed by atoms with E-state index < -0.39 is 11.8 Å². The number of carbonyl (C=O) groups is 1. The van der Waals surface area contributed by atoms with E-state index in [-0.39, 0.29) is 5.69 Å². The van der Waals surface area contributed by atoms with Gasteiger partial charge in [-0.05, 0) is 24.3 Å². The Labute approximate surface area is 120 Å². The number of rotatable bonds is 3. The molecule has 0 aliphatic rings. The van der Waals surface area contributed by atoms with Crippen LogP contribution in [0.1, 0.15) is 10.5 Å². The van der Waals surface area contributed by atoms with Gasteiger partial charge in [0.25, 0.3) is 0 Å². The SMILES string of the molecule is O=C(O)c1cc(-c2ccccc2)nn1-c1cccc(F)c1. The molecule has 5 heteroatoms. The average molecular weight is 282 g/mol. The molecule has 104 valence electrons. The van der Waals surface area contributed by atoms with Gasteiger partial charge in [0.2, 0.25) is 0 Å². The number of aromatic nitrogens is 2. The molecule has 0 aliphatic heterocycles. The van der Waals surface area contributed by atoms with Crippen molar-refractivity contribution >= 4 is 5.97 Å². The van der Waals surface area contributed by atoms with Crippen molar-refractivity contribution in [2.24, 2.45) is 0 Å². The van der Waals surface area contributed by atoms with Gasteiger partial charge < -0.3 is 5.11 Å². The molecule has 0 amide bonds. The van der Waals surface area contributed by atoms with Crippen LogP contribution < -0.4 is 0 Å². The maximum Gasteiger partial charge on any atom is 0.354 e. The van der Waals surface area contributed by atoms with Crippen LogP contribution in [0.15, 0.2) is 60.7 Å². The summed E-state index contributed by atoms with van der Waals surface area (Å²) < 4.78 is 14.6. The number of hydrogen-bond acceptors (Lipinski definition) is 2. The lowest BCUT2D eigenvalue weighted by Crippen LogP contribution is -2.07. The number of hydrogen-bond donors (Lipinski definition) is 1. The molecule has 0 unspecified atom stereocenters. The molecule has 0 saturated heterocycles. The van der Waals surface area contributed by atoms with Crippen molar-refractivity contribution in [3.05, 3.63) is 72.2 Å². The Morgan fingerprint density at radius 3 is 2.48 bits per heavy atom. The second kappa shape index (κ2) is 5.20. The van der Waals surface area contributed by atoms with Gasteiger partial charge in [0.05, 0.1) is 11.4 Å². The highest BCUT2D eigenvalue weighted by Crippen LogP contribution is 2.21. The first kappa shape index (κ1) is 13.1. The van der Waals surface area contributed by atoms with Gasteiger partial charge in [-0.3, -0.25) is 0 Å². The first-order valence-corrected chi connectivity index (χ1v) is 6.30. The third-order valence-corrected chi connectivity index (χ3v) is 3.05. The van der Waals surface area contributed by atoms with Crippen molar-refractivity contribution < 1.29 is 14.3 Å². The molecule has 1 aromatic heterocycles. The van der Waals surface area contributed by atoms with Gasteiger partial charge in [-0.25, -0.2) is 13.9 Å². The van der Waals surface area contributed by atoms with E-state index >= 15 is 0 Å². The van der Waals surface area contributed by atoms with E-state index in [2.05, 4.69) is 5.10 Å². The fourth-order valence-corrected chi connectivity index (χ4v) is 2.09. The molecule has 3 rings (SSSR count). The predicted octanol–water partition coefficient (Wildman–Crippen LogP) is 3.38. The maximum absolute atomic E-state index is 13.3. The molecule has 0 spiro atoms. The smallest absolute Gasteiger partial charge is 0.354 e. The monoisotopic (exact) mass is 282 g/mol. The van der Waals surface area contributed by atoms with Crippen molar-refractivity contribution in [3.63, 3.8) is 0 Å². The fourth-order valence-electron chi connectivity index (χ4n) is 2.09. The molecular weight excluding hydrogens is 271 g/mol. The molecule has 1 N–H and O–H groups in total. The van der Waals surface area contributed by atoms with E-state index in [1.54, 1.807) is 6.07 Å². The Balaban J connectivity index is 2.16. The zero-order valence-corrected chi connectivity index (χ0v) is 10.9. The van der Waals surface area contributed by atoms with Gasteiger partial charge in [-0.2, -0.15) is 5.10 Å². The molecule has 2 aromatic carbocycles. The summed E-state index contributed by atoms with van der Waals surface area (Å²) in [6.07, 6.45) is 0. The molecule has 0 aliphatic carbocycles. The number of nitrogens with zero attached hydrogens (tertiary/aromatic N) is 2. The predicted molar refractivity (Wildman–Crippen MR) is 75.9 cm³/mol. The Morgan fingerprint density at radius 2 is 1.81 bits per heavy atom. The minimum atomic E-state index is -1.12. The maximum atomic E-state index is 13.3. The first-order chi connectivity index (χ1) is 10.1. The summed E-state index contributed by atoms with van der Waals surface area (Å²) in [6, 6.07) is 16.4. The molecule has 0 saturated carbocycles. The Bertz CT molecular complexity index is 797. The highest BCUT2D eigenvalue weighted by Gasteiger charge is 2.16.